The van der Waals surface area contributed by atoms with Crippen molar-refractivity contribution >= 4 is 27.5 Å². The van der Waals surface area contributed by atoms with Crippen LogP contribution in [0.5, 0.6) is 0 Å². The molecule has 4 heteroatoms. The van der Waals surface area contributed by atoms with Crippen molar-refractivity contribution in [2.45, 2.75) is 19.3 Å². The molecule has 0 aliphatic rings. The van der Waals surface area contributed by atoms with E-state index in [2.05, 4.69) is 27.6 Å². The maximum Gasteiger partial charge on any atom is 0.258 e. The van der Waals surface area contributed by atoms with E-state index in [0.717, 1.165) is 40.5 Å². The SMILES string of the molecule is N#CCCCc1c2ccccc2n2c1[nH]c(=O)c1ccccc12. The van der Waals surface area contributed by atoms with Crippen molar-refractivity contribution in [3.8, 4) is 6.07 Å². The van der Waals surface area contributed by atoms with Gasteiger partial charge in [-0.1, -0.05) is 30.3 Å². The molecule has 0 amide bonds. The first-order valence-electron chi connectivity index (χ1n) is 7.71. The van der Waals surface area contributed by atoms with Crippen molar-refractivity contribution in [1.29, 1.82) is 5.26 Å². The van der Waals surface area contributed by atoms with Crippen LogP contribution in [0, 0.1) is 11.3 Å². The number of hydrogen-bond donors (Lipinski definition) is 1. The quantitative estimate of drug-likeness (QED) is 0.585. The van der Waals surface area contributed by atoms with Gasteiger partial charge in [0.1, 0.15) is 5.65 Å². The lowest BCUT2D eigenvalue weighted by atomic mass is 10.1. The molecule has 0 saturated heterocycles. The summed E-state index contributed by atoms with van der Waals surface area (Å²) in [5.74, 6) is 0. The maximum absolute atomic E-state index is 12.4. The van der Waals surface area contributed by atoms with Gasteiger partial charge in [0, 0.05) is 17.4 Å². The van der Waals surface area contributed by atoms with E-state index in [0.29, 0.717) is 11.8 Å². The normalized spacial score (nSPS) is 11.3. The molecule has 0 bridgehead atoms. The molecule has 1 N–H and O–H groups in total. The molecule has 4 aromatic rings. The van der Waals surface area contributed by atoms with Gasteiger partial charge in [0.2, 0.25) is 0 Å². The Morgan fingerprint density at radius 3 is 2.39 bits per heavy atom. The van der Waals surface area contributed by atoms with Gasteiger partial charge in [-0.25, -0.2) is 0 Å². The first kappa shape index (κ1) is 13.6. The van der Waals surface area contributed by atoms with Gasteiger partial charge in [0.25, 0.3) is 5.56 Å². The molecule has 0 aliphatic heterocycles. The van der Waals surface area contributed by atoms with E-state index in [-0.39, 0.29) is 5.56 Å². The van der Waals surface area contributed by atoms with Crippen LogP contribution in [0.2, 0.25) is 0 Å². The largest absolute Gasteiger partial charge is 0.307 e. The van der Waals surface area contributed by atoms with Crippen molar-refractivity contribution in [3.63, 3.8) is 0 Å². The third kappa shape index (κ3) is 2.01. The number of nitrogens with one attached hydrogen (secondary N) is 1. The highest BCUT2D eigenvalue weighted by molar-refractivity contribution is 5.96. The van der Waals surface area contributed by atoms with Gasteiger partial charge in [-0.15, -0.1) is 0 Å². The maximum atomic E-state index is 12.4. The Morgan fingerprint density at radius 1 is 1.00 bits per heavy atom. The van der Waals surface area contributed by atoms with Crippen LogP contribution < -0.4 is 5.56 Å². The topological polar surface area (TPSA) is 61.1 Å². The van der Waals surface area contributed by atoms with Crippen molar-refractivity contribution in [2.24, 2.45) is 0 Å². The van der Waals surface area contributed by atoms with Gasteiger partial charge in [0.15, 0.2) is 0 Å². The number of H-pyrrole nitrogens is 1. The van der Waals surface area contributed by atoms with Gasteiger partial charge in [-0.3, -0.25) is 9.20 Å². The van der Waals surface area contributed by atoms with Crippen LogP contribution in [-0.4, -0.2) is 9.38 Å². The fourth-order valence-corrected chi connectivity index (χ4v) is 3.32. The molecule has 0 saturated carbocycles. The second-order valence-electron chi connectivity index (χ2n) is 5.66. The Morgan fingerprint density at radius 2 is 1.65 bits per heavy atom. The minimum Gasteiger partial charge on any atom is -0.307 e. The van der Waals surface area contributed by atoms with E-state index in [9.17, 15) is 4.79 Å². The summed E-state index contributed by atoms with van der Waals surface area (Å²) < 4.78 is 2.12. The third-order valence-corrected chi connectivity index (χ3v) is 4.32. The molecule has 4 nitrogen and oxygen atoms in total. The van der Waals surface area contributed by atoms with Crippen molar-refractivity contribution in [3.05, 3.63) is 64.4 Å². The molecular formula is C19H15N3O. The highest BCUT2D eigenvalue weighted by Crippen LogP contribution is 2.29. The van der Waals surface area contributed by atoms with E-state index in [4.69, 9.17) is 5.26 Å². The van der Waals surface area contributed by atoms with Crippen LogP contribution in [0.3, 0.4) is 0 Å². The number of nitriles is 1. The summed E-state index contributed by atoms with van der Waals surface area (Å²) in [7, 11) is 0. The second kappa shape index (κ2) is 5.29. The minimum atomic E-state index is -0.0718. The Bertz CT molecular complexity index is 1130. The minimum absolute atomic E-state index is 0.0718. The molecule has 0 atom stereocenters. The third-order valence-electron chi connectivity index (χ3n) is 4.32. The van der Waals surface area contributed by atoms with E-state index in [1.165, 1.54) is 0 Å². The van der Waals surface area contributed by atoms with E-state index >= 15 is 0 Å². The lowest BCUT2D eigenvalue weighted by Gasteiger charge is -2.04. The molecule has 0 fully saturated rings. The number of nitrogens with zero attached hydrogens (tertiary/aromatic N) is 2. The number of unbranched alkanes of at least 4 members (excludes halogenated alkanes) is 1. The van der Waals surface area contributed by atoms with Gasteiger partial charge >= 0.3 is 0 Å². The van der Waals surface area contributed by atoms with E-state index < -0.39 is 0 Å². The Balaban J connectivity index is 2.15. The summed E-state index contributed by atoms with van der Waals surface area (Å²) in [5, 5.41) is 10.6. The van der Waals surface area contributed by atoms with Crippen molar-refractivity contribution in [2.75, 3.05) is 0 Å². The molecule has 0 spiro atoms. The predicted octanol–water partition coefficient (Wildman–Crippen LogP) is 3.78. The first-order valence-corrected chi connectivity index (χ1v) is 7.71. The zero-order valence-corrected chi connectivity index (χ0v) is 12.5. The number of aromatic nitrogens is 2. The number of aromatic amines is 1. The number of benzene rings is 2. The molecule has 4 rings (SSSR count). The number of hydrogen-bond acceptors (Lipinski definition) is 2. The molecule has 2 heterocycles. The molecule has 0 unspecified atom stereocenters. The monoisotopic (exact) mass is 301 g/mol. The summed E-state index contributed by atoms with van der Waals surface area (Å²) in [6.07, 6.45) is 2.08. The van der Waals surface area contributed by atoms with E-state index in [1.54, 1.807) is 0 Å². The fraction of sp³-hybridized carbons (Fsp3) is 0.158. The van der Waals surface area contributed by atoms with Crippen LogP contribution in [0.25, 0.3) is 27.5 Å². The highest BCUT2D eigenvalue weighted by Gasteiger charge is 2.15. The van der Waals surface area contributed by atoms with Crippen LogP contribution >= 0.6 is 0 Å². The Labute approximate surface area is 132 Å². The molecule has 112 valence electrons. The molecule has 2 aromatic carbocycles. The van der Waals surface area contributed by atoms with Gasteiger partial charge in [0.05, 0.1) is 22.5 Å². The average Bonchev–Trinajstić information content (AvgIpc) is 2.89. The standard InChI is InChI=1S/C19H15N3O/c20-12-6-5-8-14-13-7-1-3-10-16(13)22-17-11-4-2-9-15(17)19(23)21-18(14)22/h1-4,7,9-11H,5-6,8H2,(H,21,23). The van der Waals surface area contributed by atoms with Gasteiger partial charge < -0.3 is 4.98 Å². The smallest absolute Gasteiger partial charge is 0.258 e. The number of para-hydroxylation sites is 2. The number of fused-ring (bicyclic) bond motifs is 5. The lowest BCUT2D eigenvalue weighted by Crippen LogP contribution is -2.10. The molecule has 2 aromatic heterocycles. The van der Waals surface area contributed by atoms with Crippen molar-refractivity contribution in [1.82, 2.24) is 9.38 Å². The Kier molecular flexibility index (Phi) is 3.13. The second-order valence-corrected chi connectivity index (χ2v) is 5.66. The zero-order chi connectivity index (χ0) is 15.8. The molecular weight excluding hydrogens is 286 g/mol. The predicted molar refractivity (Wildman–Crippen MR) is 91.6 cm³/mol. The van der Waals surface area contributed by atoms with Gasteiger partial charge in [-0.05, 0) is 31.0 Å². The molecule has 23 heavy (non-hydrogen) atoms. The first-order chi connectivity index (χ1) is 11.3. The summed E-state index contributed by atoms with van der Waals surface area (Å²) in [6.45, 7) is 0. The van der Waals surface area contributed by atoms with Gasteiger partial charge in [-0.2, -0.15) is 5.26 Å². The van der Waals surface area contributed by atoms with Crippen molar-refractivity contribution < 1.29 is 0 Å². The Hall–Kier alpha value is -3.06. The van der Waals surface area contributed by atoms with Crippen LogP contribution in [0.1, 0.15) is 18.4 Å². The highest BCUT2D eigenvalue weighted by atomic mass is 16.1. The summed E-state index contributed by atoms with van der Waals surface area (Å²) in [6, 6.07) is 18.0. The van der Waals surface area contributed by atoms with E-state index in [1.807, 2.05) is 36.4 Å². The average molecular weight is 301 g/mol. The summed E-state index contributed by atoms with van der Waals surface area (Å²) in [5.41, 5.74) is 3.87. The van der Waals surface area contributed by atoms with Crippen LogP contribution in [-0.2, 0) is 6.42 Å². The van der Waals surface area contributed by atoms with Crippen LogP contribution in [0.15, 0.2) is 53.3 Å². The molecule has 0 aliphatic carbocycles. The van der Waals surface area contributed by atoms with Crippen LogP contribution in [0.4, 0.5) is 0 Å². The summed E-state index contributed by atoms with van der Waals surface area (Å²) in [4.78, 5) is 15.5. The summed E-state index contributed by atoms with van der Waals surface area (Å²) >= 11 is 0. The zero-order valence-electron chi connectivity index (χ0n) is 12.5. The molecule has 0 radical (unpaired) electrons. The number of aryl methyl sites for hydroxylation is 1. The number of rotatable bonds is 3. The fourth-order valence-electron chi connectivity index (χ4n) is 3.32. The lowest BCUT2D eigenvalue weighted by molar-refractivity contribution is 0.857.